The van der Waals surface area contributed by atoms with Gasteiger partial charge in [-0.15, -0.1) is 10.2 Å². The fourth-order valence-electron chi connectivity index (χ4n) is 3.43. The van der Waals surface area contributed by atoms with E-state index in [1.165, 1.54) is 21.8 Å². The first-order valence-corrected chi connectivity index (χ1v) is 10.4. The number of hydrogen-bond acceptors (Lipinski definition) is 7. The number of aromatic nitrogens is 3. The highest BCUT2D eigenvalue weighted by atomic mass is 32.1. The molecule has 1 N–H and O–H groups in total. The van der Waals surface area contributed by atoms with E-state index in [2.05, 4.69) is 10.2 Å². The van der Waals surface area contributed by atoms with Gasteiger partial charge in [0.1, 0.15) is 16.6 Å². The van der Waals surface area contributed by atoms with Gasteiger partial charge in [0.25, 0.3) is 5.91 Å². The van der Waals surface area contributed by atoms with Crippen LogP contribution in [0.2, 0.25) is 0 Å². The Morgan fingerprint density at radius 3 is 2.71 bits per heavy atom. The van der Waals surface area contributed by atoms with Crippen molar-refractivity contribution in [2.45, 2.75) is 26.4 Å². The fourth-order valence-corrected chi connectivity index (χ4v) is 4.30. The van der Waals surface area contributed by atoms with Gasteiger partial charge in [-0.1, -0.05) is 24.3 Å². The van der Waals surface area contributed by atoms with Gasteiger partial charge in [0.15, 0.2) is 16.5 Å². The average molecular weight is 447 g/mol. The number of nitrogens with zero attached hydrogens (tertiary/aromatic N) is 5. The maximum Gasteiger partial charge on any atom is 0.288 e. The predicted octanol–water partition coefficient (Wildman–Crippen LogP) is 2.61. The van der Waals surface area contributed by atoms with Crippen molar-refractivity contribution in [2.75, 3.05) is 13.6 Å². The van der Waals surface area contributed by atoms with E-state index in [4.69, 9.17) is 0 Å². The quantitative estimate of drug-likeness (QED) is 0.647. The molecular weight excluding hydrogens is 428 g/mol. The number of rotatable bonds is 5. The Morgan fingerprint density at radius 1 is 1.23 bits per heavy atom. The van der Waals surface area contributed by atoms with Crippen molar-refractivity contribution in [2.24, 2.45) is 0 Å². The minimum absolute atomic E-state index is 0.0790. The molecule has 0 spiro atoms. The van der Waals surface area contributed by atoms with Gasteiger partial charge in [0, 0.05) is 32.3 Å². The van der Waals surface area contributed by atoms with E-state index in [1.807, 2.05) is 6.92 Å². The summed E-state index contributed by atoms with van der Waals surface area (Å²) in [5.41, 5.74) is -0.467. The molecule has 3 heterocycles. The minimum Gasteiger partial charge on any atom is -0.503 e. The number of fused-ring (bicyclic) bond motifs is 1. The first-order chi connectivity index (χ1) is 14.8. The number of aromatic hydroxyl groups is 1. The zero-order chi connectivity index (χ0) is 22.3. The van der Waals surface area contributed by atoms with E-state index in [0.29, 0.717) is 11.6 Å². The van der Waals surface area contributed by atoms with E-state index < -0.39 is 28.7 Å². The molecule has 1 aliphatic heterocycles. The molecule has 1 aliphatic rings. The first-order valence-electron chi connectivity index (χ1n) is 9.56. The topological polar surface area (TPSA) is 91.6 Å². The predicted molar refractivity (Wildman–Crippen MR) is 110 cm³/mol. The number of pyridine rings is 1. The van der Waals surface area contributed by atoms with Crippen LogP contribution in [0.1, 0.15) is 34.4 Å². The van der Waals surface area contributed by atoms with Gasteiger partial charge in [-0.25, -0.2) is 8.78 Å². The van der Waals surface area contributed by atoms with Crippen molar-refractivity contribution >= 4 is 17.2 Å². The van der Waals surface area contributed by atoms with E-state index in [9.17, 15) is 23.5 Å². The van der Waals surface area contributed by atoms with Crippen LogP contribution in [0.25, 0.3) is 10.6 Å². The standard InChI is InChI=1S/C20H19F2N5O3S/c1-3-6-27-10-26-9-13(17(28)18(29)16(26)20(30)25(27)2)19-24-23-15(31-19)7-11-4-5-12(21)8-14(11)22/h4-5,8-9,29H,3,6-7,10H2,1-2H3. The smallest absolute Gasteiger partial charge is 0.288 e. The van der Waals surface area contributed by atoms with Crippen LogP contribution in [-0.2, 0) is 13.1 Å². The molecule has 8 nitrogen and oxygen atoms in total. The number of carbonyl (C=O) groups is 1. The summed E-state index contributed by atoms with van der Waals surface area (Å²) < 4.78 is 28.6. The number of benzene rings is 1. The molecule has 2 aromatic heterocycles. The number of hydrogen-bond donors (Lipinski definition) is 1. The lowest BCUT2D eigenvalue weighted by Crippen LogP contribution is -2.50. The molecule has 1 amide bonds. The zero-order valence-electron chi connectivity index (χ0n) is 16.8. The molecule has 0 bridgehead atoms. The van der Waals surface area contributed by atoms with Crippen LogP contribution in [0.15, 0.2) is 29.2 Å². The summed E-state index contributed by atoms with van der Waals surface area (Å²) >= 11 is 1.06. The lowest BCUT2D eigenvalue weighted by atomic mass is 10.1. The van der Waals surface area contributed by atoms with Crippen LogP contribution < -0.4 is 5.43 Å². The van der Waals surface area contributed by atoms with Crippen LogP contribution in [0.5, 0.6) is 5.75 Å². The van der Waals surface area contributed by atoms with Crippen molar-refractivity contribution in [1.82, 2.24) is 24.8 Å². The second-order valence-electron chi connectivity index (χ2n) is 7.15. The molecule has 1 aromatic carbocycles. The molecule has 0 unspecified atom stereocenters. The van der Waals surface area contributed by atoms with E-state index in [0.717, 1.165) is 29.9 Å². The highest BCUT2D eigenvalue weighted by Gasteiger charge is 2.32. The number of halogens is 2. The van der Waals surface area contributed by atoms with Crippen LogP contribution >= 0.6 is 11.3 Å². The third-order valence-electron chi connectivity index (χ3n) is 5.03. The lowest BCUT2D eigenvalue weighted by Gasteiger charge is -2.37. The molecule has 162 valence electrons. The lowest BCUT2D eigenvalue weighted by molar-refractivity contribution is -0.0282. The van der Waals surface area contributed by atoms with Crippen molar-refractivity contribution in [1.29, 1.82) is 0 Å². The summed E-state index contributed by atoms with van der Waals surface area (Å²) in [5.74, 6) is -2.49. The Labute approximate surface area is 180 Å². The summed E-state index contributed by atoms with van der Waals surface area (Å²) in [6.45, 7) is 2.88. The van der Waals surface area contributed by atoms with Gasteiger partial charge in [-0.05, 0) is 18.1 Å². The number of amides is 1. The van der Waals surface area contributed by atoms with Crippen molar-refractivity contribution in [3.63, 3.8) is 0 Å². The average Bonchev–Trinajstić information content (AvgIpc) is 3.19. The third kappa shape index (κ3) is 3.81. The third-order valence-corrected chi connectivity index (χ3v) is 5.98. The molecule has 4 rings (SSSR count). The van der Waals surface area contributed by atoms with Crippen LogP contribution in [0, 0.1) is 11.6 Å². The Hall–Kier alpha value is -3.18. The van der Waals surface area contributed by atoms with Crippen LogP contribution in [0.4, 0.5) is 8.78 Å². The summed E-state index contributed by atoms with van der Waals surface area (Å²) in [7, 11) is 1.59. The van der Waals surface area contributed by atoms with E-state index in [-0.39, 0.29) is 34.9 Å². The molecule has 3 aromatic rings. The molecule has 0 radical (unpaired) electrons. The Kier molecular flexibility index (Phi) is 5.54. The Morgan fingerprint density at radius 2 is 2.00 bits per heavy atom. The minimum atomic E-state index is -0.729. The second-order valence-corrected chi connectivity index (χ2v) is 8.21. The molecule has 0 atom stereocenters. The summed E-state index contributed by atoms with van der Waals surface area (Å²) in [6, 6.07) is 3.28. The largest absolute Gasteiger partial charge is 0.503 e. The summed E-state index contributed by atoms with van der Waals surface area (Å²) in [5, 5.41) is 22.3. The van der Waals surface area contributed by atoms with E-state index in [1.54, 1.807) is 12.1 Å². The SMILES string of the molecule is CCCN1Cn2cc(-c3nnc(Cc4ccc(F)cc4F)s3)c(=O)c(O)c2C(=O)N1C. The first kappa shape index (κ1) is 21.1. The molecular formula is C20H19F2N5O3S. The molecule has 0 saturated heterocycles. The summed E-state index contributed by atoms with van der Waals surface area (Å²) in [4.78, 5) is 25.4. The van der Waals surface area contributed by atoms with Gasteiger partial charge < -0.3 is 9.67 Å². The molecule has 0 saturated carbocycles. The monoisotopic (exact) mass is 447 g/mol. The normalized spacial score (nSPS) is 14.2. The maximum absolute atomic E-state index is 13.9. The van der Waals surface area contributed by atoms with E-state index >= 15 is 0 Å². The van der Waals surface area contributed by atoms with Crippen molar-refractivity contribution in [3.05, 3.63) is 62.5 Å². The Bertz CT molecular complexity index is 1230. The van der Waals surface area contributed by atoms with Gasteiger partial charge in [0.05, 0.1) is 12.2 Å². The van der Waals surface area contributed by atoms with Crippen LogP contribution in [-0.4, -0.2) is 49.4 Å². The van der Waals surface area contributed by atoms with Gasteiger partial charge >= 0.3 is 0 Å². The molecule has 0 aliphatic carbocycles. The van der Waals surface area contributed by atoms with Gasteiger partial charge in [0.2, 0.25) is 5.43 Å². The number of hydrazine groups is 1. The second kappa shape index (κ2) is 8.16. The van der Waals surface area contributed by atoms with Crippen molar-refractivity contribution in [3.8, 4) is 16.3 Å². The van der Waals surface area contributed by atoms with Gasteiger partial charge in [-0.2, -0.15) is 5.01 Å². The van der Waals surface area contributed by atoms with Gasteiger partial charge in [-0.3, -0.25) is 14.6 Å². The zero-order valence-corrected chi connectivity index (χ0v) is 17.6. The molecule has 11 heteroatoms. The molecule has 31 heavy (non-hydrogen) atoms. The summed E-state index contributed by atoms with van der Waals surface area (Å²) in [6.07, 6.45) is 2.37. The fraction of sp³-hybridized carbons (Fsp3) is 0.300. The van der Waals surface area contributed by atoms with Crippen LogP contribution in [0.3, 0.4) is 0 Å². The maximum atomic E-state index is 13.9. The molecule has 0 fully saturated rings. The Balaban J connectivity index is 1.70. The van der Waals surface area contributed by atoms with Crippen molar-refractivity contribution < 1.29 is 18.7 Å². The number of carbonyl (C=O) groups excluding carboxylic acids is 1. The highest BCUT2D eigenvalue weighted by molar-refractivity contribution is 7.14. The highest BCUT2D eigenvalue weighted by Crippen LogP contribution is 2.28.